The third-order valence-corrected chi connectivity index (χ3v) is 4.83. The Morgan fingerprint density at radius 1 is 1.27 bits per heavy atom. The van der Waals surface area contributed by atoms with Crippen LogP contribution in [0, 0.1) is 11.7 Å². The summed E-state index contributed by atoms with van der Waals surface area (Å²) in [6.07, 6.45) is 3.91. The molecule has 0 spiro atoms. The van der Waals surface area contributed by atoms with E-state index in [-0.39, 0.29) is 22.9 Å². The molecule has 4 aromatic heterocycles. The molecule has 0 bridgehead atoms. The van der Waals surface area contributed by atoms with Gasteiger partial charge in [0.05, 0.1) is 37.9 Å². The fourth-order valence-electron chi connectivity index (χ4n) is 3.27. The van der Waals surface area contributed by atoms with Gasteiger partial charge in [-0.05, 0) is 18.6 Å². The second-order valence-corrected chi connectivity index (χ2v) is 6.97. The maximum atomic E-state index is 14.0. The molecule has 5 heterocycles. The number of nitrogen functional groups attached to an aromatic ring is 1. The summed E-state index contributed by atoms with van der Waals surface area (Å²) in [7, 11) is 0. The quantitative estimate of drug-likeness (QED) is 0.507. The van der Waals surface area contributed by atoms with Crippen molar-refractivity contribution in [1.29, 1.82) is 0 Å². The maximum Gasteiger partial charge on any atom is 0.222 e. The van der Waals surface area contributed by atoms with Crippen molar-refractivity contribution in [2.45, 2.75) is 13.0 Å². The SMILES string of the molecule is Nc1nc(-c2occc2F)c2nnn(Cc3ccc(OCC4CCOC4)cn3)c2n1. The Kier molecular flexibility index (Phi) is 4.71. The van der Waals surface area contributed by atoms with Gasteiger partial charge in [0.1, 0.15) is 11.4 Å². The molecule has 1 saturated heterocycles. The lowest BCUT2D eigenvalue weighted by molar-refractivity contribution is 0.167. The van der Waals surface area contributed by atoms with Crippen LogP contribution in [0.2, 0.25) is 0 Å². The topological polar surface area (TPSA) is 127 Å². The molecule has 0 aliphatic carbocycles. The largest absolute Gasteiger partial charge is 0.492 e. The maximum absolute atomic E-state index is 14.0. The third-order valence-electron chi connectivity index (χ3n) is 4.83. The Bertz CT molecular complexity index is 1170. The fraction of sp³-hybridized carbons (Fsp3) is 0.316. The number of rotatable bonds is 6. The number of aromatic nitrogens is 6. The number of nitrogens with two attached hydrogens (primary N) is 1. The number of ether oxygens (including phenoxy) is 2. The highest BCUT2D eigenvalue weighted by molar-refractivity contribution is 5.86. The van der Waals surface area contributed by atoms with Gasteiger partial charge in [-0.2, -0.15) is 4.98 Å². The summed E-state index contributed by atoms with van der Waals surface area (Å²) in [5.41, 5.74) is 7.33. The van der Waals surface area contributed by atoms with Crippen LogP contribution in [-0.2, 0) is 11.3 Å². The van der Waals surface area contributed by atoms with Crippen LogP contribution in [0.1, 0.15) is 12.1 Å². The molecule has 11 heteroatoms. The molecule has 1 unspecified atom stereocenters. The zero-order chi connectivity index (χ0) is 20.5. The van der Waals surface area contributed by atoms with Crippen LogP contribution in [-0.4, -0.2) is 49.8 Å². The van der Waals surface area contributed by atoms with Gasteiger partial charge in [0.15, 0.2) is 22.7 Å². The fourth-order valence-corrected chi connectivity index (χ4v) is 3.27. The minimum atomic E-state index is -0.564. The van der Waals surface area contributed by atoms with Gasteiger partial charge in [-0.3, -0.25) is 4.98 Å². The first kappa shape index (κ1) is 18.4. The summed E-state index contributed by atoms with van der Waals surface area (Å²) in [5.74, 6) is 0.448. The smallest absolute Gasteiger partial charge is 0.222 e. The van der Waals surface area contributed by atoms with Gasteiger partial charge in [0.2, 0.25) is 5.95 Å². The molecule has 30 heavy (non-hydrogen) atoms. The summed E-state index contributed by atoms with van der Waals surface area (Å²) < 4.78 is 31.8. The summed E-state index contributed by atoms with van der Waals surface area (Å²) in [4.78, 5) is 12.7. The van der Waals surface area contributed by atoms with Gasteiger partial charge in [0, 0.05) is 18.6 Å². The van der Waals surface area contributed by atoms with Crippen molar-refractivity contribution < 1.29 is 18.3 Å². The summed E-state index contributed by atoms with van der Waals surface area (Å²) >= 11 is 0. The van der Waals surface area contributed by atoms with Crippen LogP contribution in [0.4, 0.5) is 10.3 Å². The van der Waals surface area contributed by atoms with Crippen LogP contribution in [0.5, 0.6) is 5.75 Å². The van der Waals surface area contributed by atoms with Crippen molar-refractivity contribution >= 4 is 17.1 Å². The molecular formula is C19H18FN7O3. The summed E-state index contributed by atoms with van der Waals surface area (Å²) in [6.45, 7) is 2.43. The summed E-state index contributed by atoms with van der Waals surface area (Å²) in [6, 6.07) is 4.88. The number of fused-ring (bicyclic) bond motifs is 1. The minimum absolute atomic E-state index is 0.0375. The van der Waals surface area contributed by atoms with Gasteiger partial charge < -0.3 is 19.6 Å². The van der Waals surface area contributed by atoms with Gasteiger partial charge >= 0.3 is 0 Å². The van der Waals surface area contributed by atoms with Crippen molar-refractivity contribution in [2.75, 3.05) is 25.6 Å². The van der Waals surface area contributed by atoms with E-state index in [1.807, 2.05) is 12.1 Å². The molecule has 4 aromatic rings. The summed E-state index contributed by atoms with van der Waals surface area (Å²) in [5, 5.41) is 8.19. The lowest BCUT2D eigenvalue weighted by Gasteiger charge is -2.10. The van der Waals surface area contributed by atoms with E-state index in [1.165, 1.54) is 17.0 Å². The number of hydrogen-bond acceptors (Lipinski definition) is 9. The van der Waals surface area contributed by atoms with Gasteiger partial charge in [-0.15, -0.1) is 5.10 Å². The molecule has 2 N–H and O–H groups in total. The predicted molar refractivity (Wildman–Crippen MR) is 103 cm³/mol. The van der Waals surface area contributed by atoms with E-state index in [9.17, 15) is 4.39 Å². The monoisotopic (exact) mass is 411 g/mol. The second-order valence-electron chi connectivity index (χ2n) is 6.97. The average molecular weight is 411 g/mol. The molecule has 154 valence electrons. The van der Waals surface area contributed by atoms with E-state index in [0.717, 1.165) is 25.3 Å². The molecule has 10 nitrogen and oxygen atoms in total. The van der Waals surface area contributed by atoms with Gasteiger partial charge in [-0.1, -0.05) is 5.21 Å². The molecule has 0 amide bonds. The second kappa shape index (κ2) is 7.67. The first-order chi connectivity index (χ1) is 14.7. The first-order valence-electron chi connectivity index (χ1n) is 9.43. The molecule has 1 aliphatic rings. The average Bonchev–Trinajstić information content (AvgIpc) is 3.49. The highest BCUT2D eigenvalue weighted by Gasteiger charge is 2.21. The molecule has 0 aromatic carbocycles. The number of pyridine rings is 1. The van der Waals surface area contributed by atoms with Crippen LogP contribution >= 0.6 is 0 Å². The van der Waals surface area contributed by atoms with Gasteiger partial charge in [0.25, 0.3) is 0 Å². The van der Waals surface area contributed by atoms with E-state index >= 15 is 0 Å². The first-order valence-corrected chi connectivity index (χ1v) is 9.43. The lowest BCUT2D eigenvalue weighted by Crippen LogP contribution is -2.12. The van der Waals surface area contributed by atoms with Crippen LogP contribution in [0.15, 0.2) is 35.1 Å². The van der Waals surface area contributed by atoms with E-state index in [4.69, 9.17) is 19.6 Å². The van der Waals surface area contributed by atoms with E-state index in [1.54, 1.807) is 6.20 Å². The van der Waals surface area contributed by atoms with Crippen LogP contribution in [0.3, 0.4) is 0 Å². The van der Waals surface area contributed by atoms with Crippen molar-refractivity contribution in [3.8, 4) is 17.2 Å². The van der Waals surface area contributed by atoms with Crippen molar-refractivity contribution in [3.05, 3.63) is 42.2 Å². The highest BCUT2D eigenvalue weighted by atomic mass is 19.1. The van der Waals surface area contributed by atoms with Gasteiger partial charge in [-0.25, -0.2) is 14.1 Å². The van der Waals surface area contributed by atoms with Crippen LogP contribution in [0.25, 0.3) is 22.6 Å². The molecule has 1 fully saturated rings. The van der Waals surface area contributed by atoms with Crippen molar-refractivity contribution in [2.24, 2.45) is 5.92 Å². The van der Waals surface area contributed by atoms with E-state index in [0.29, 0.717) is 30.5 Å². The molecule has 1 aliphatic heterocycles. The Hall–Kier alpha value is -3.60. The van der Waals surface area contributed by atoms with E-state index in [2.05, 4.69) is 25.3 Å². The minimum Gasteiger partial charge on any atom is -0.492 e. The molecule has 1 atom stereocenters. The lowest BCUT2D eigenvalue weighted by atomic mass is 10.1. The number of furan rings is 1. The predicted octanol–water partition coefficient (Wildman–Crippen LogP) is 2.06. The highest BCUT2D eigenvalue weighted by Crippen LogP contribution is 2.28. The standard InChI is InChI=1S/C19H18FN7O3/c20-14-4-6-29-17(14)15-16-18(24-19(21)23-15)27(26-25-16)8-12-1-2-13(7-22-12)30-10-11-3-5-28-9-11/h1-2,4,6-7,11H,3,5,8-10H2,(H2,21,23,24). The Labute approximate surface area is 169 Å². The Morgan fingerprint density at radius 3 is 2.93 bits per heavy atom. The molecule has 0 saturated carbocycles. The zero-order valence-corrected chi connectivity index (χ0v) is 15.9. The number of halogens is 1. The zero-order valence-electron chi connectivity index (χ0n) is 15.9. The van der Waals surface area contributed by atoms with E-state index < -0.39 is 5.82 Å². The Morgan fingerprint density at radius 2 is 2.20 bits per heavy atom. The van der Waals surface area contributed by atoms with Crippen molar-refractivity contribution in [3.63, 3.8) is 0 Å². The normalized spacial score (nSPS) is 16.4. The molecule has 0 radical (unpaired) electrons. The third kappa shape index (κ3) is 3.54. The van der Waals surface area contributed by atoms with Crippen LogP contribution < -0.4 is 10.5 Å². The van der Waals surface area contributed by atoms with Crippen molar-refractivity contribution in [1.82, 2.24) is 29.9 Å². The molecular weight excluding hydrogens is 393 g/mol. The molecule has 5 rings (SSSR count). The number of anilines is 1. The number of nitrogens with zero attached hydrogens (tertiary/aromatic N) is 6. The Balaban J connectivity index is 1.36. The number of hydrogen-bond donors (Lipinski definition) is 1.